The van der Waals surface area contributed by atoms with Gasteiger partial charge in [-0.05, 0) is 36.4 Å². The van der Waals surface area contributed by atoms with Crippen LogP contribution in [0.4, 0.5) is 26.3 Å². The molecule has 0 saturated heterocycles. The maximum Gasteiger partial charge on any atom is 0.331 e. The van der Waals surface area contributed by atoms with Crippen LogP contribution in [0.3, 0.4) is 0 Å². The Balaban J connectivity index is 2.10. The molecule has 9 heteroatoms. The van der Waals surface area contributed by atoms with E-state index in [4.69, 9.17) is 0 Å². The summed E-state index contributed by atoms with van der Waals surface area (Å²) in [4.78, 5) is 10.2. The molecular formula is C18H9F6N3. The van der Waals surface area contributed by atoms with Crippen LogP contribution in [0.1, 0.15) is 34.2 Å². The first-order valence-electron chi connectivity index (χ1n) is 7.71. The van der Waals surface area contributed by atoms with Crippen LogP contribution in [0.15, 0.2) is 54.6 Å². The van der Waals surface area contributed by atoms with Crippen molar-refractivity contribution in [3.05, 3.63) is 88.8 Å². The summed E-state index contributed by atoms with van der Waals surface area (Å²) in [6.07, 6.45) is 0. The van der Waals surface area contributed by atoms with Gasteiger partial charge in [-0.25, -0.2) is 15.0 Å². The fraction of sp³-hybridized carbons (Fsp3) is 0.167. The maximum atomic E-state index is 14.8. The molecule has 0 radical (unpaired) electrons. The van der Waals surface area contributed by atoms with Crippen molar-refractivity contribution in [3.8, 4) is 0 Å². The molecular weight excluding hydrogens is 372 g/mol. The van der Waals surface area contributed by atoms with Crippen LogP contribution in [0.2, 0.25) is 0 Å². The van der Waals surface area contributed by atoms with E-state index in [1.54, 1.807) is 0 Å². The number of aromatic nitrogens is 3. The molecule has 0 fully saturated rings. The van der Waals surface area contributed by atoms with E-state index in [2.05, 4.69) is 15.0 Å². The van der Waals surface area contributed by atoms with Gasteiger partial charge in [-0.15, -0.1) is 0 Å². The molecule has 138 valence electrons. The van der Waals surface area contributed by atoms with Crippen LogP contribution >= 0.6 is 0 Å². The third-order valence-electron chi connectivity index (χ3n) is 4.18. The van der Waals surface area contributed by atoms with Crippen LogP contribution in [0.5, 0.6) is 0 Å². The summed E-state index contributed by atoms with van der Waals surface area (Å²) in [6.45, 7) is 0. The Morgan fingerprint density at radius 3 is 0.778 bits per heavy atom. The Bertz CT molecular complexity index is 839. The summed E-state index contributed by atoms with van der Waals surface area (Å²) in [5, 5.41) is 0. The average molecular weight is 381 g/mol. The molecule has 0 aromatic carbocycles. The molecule has 3 aromatic heterocycles. The van der Waals surface area contributed by atoms with Gasteiger partial charge in [-0.1, -0.05) is 18.2 Å². The van der Waals surface area contributed by atoms with Gasteiger partial charge >= 0.3 is 17.8 Å². The minimum Gasteiger partial charge on any atom is -0.244 e. The Morgan fingerprint density at radius 2 is 0.593 bits per heavy atom. The van der Waals surface area contributed by atoms with Gasteiger partial charge in [-0.3, -0.25) is 0 Å². The number of hydrogen-bond donors (Lipinski definition) is 0. The number of rotatable bonds is 0. The molecule has 4 rings (SSSR count). The van der Waals surface area contributed by atoms with Gasteiger partial charge in [0.05, 0.1) is 0 Å². The minimum absolute atomic E-state index is 0.835. The lowest BCUT2D eigenvalue weighted by Crippen LogP contribution is -2.28. The molecule has 1 aliphatic rings. The van der Waals surface area contributed by atoms with E-state index in [1.807, 2.05) is 0 Å². The first-order chi connectivity index (χ1) is 12.6. The van der Waals surface area contributed by atoms with Gasteiger partial charge in [0.25, 0.3) is 0 Å². The zero-order valence-corrected chi connectivity index (χ0v) is 13.3. The second-order valence-corrected chi connectivity index (χ2v) is 5.95. The second kappa shape index (κ2) is 5.51. The van der Waals surface area contributed by atoms with Gasteiger partial charge in [0.15, 0.2) is 0 Å². The van der Waals surface area contributed by atoms with Crippen LogP contribution in [-0.4, -0.2) is 15.0 Å². The molecule has 0 atom stereocenters. The lowest BCUT2D eigenvalue weighted by molar-refractivity contribution is 0.0101. The third-order valence-corrected chi connectivity index (χ3v) is 4.18. The molecule has 3 nitrogen and oxygen atoms in total. The number of nitrogens with zero attached hydrogens (tertiary/aromatic N) is 3. The SMILES string of the molecule is FC1(F)c2cccc(n2)C(F)(F)c2cccc(n2)C(F)(F)c2cccc1n2. The Hall–Kier alpha value is -2.97. The highest BCUT2D eigenvalue weighted by molar-refractivity contribution is 5.35. The zero-order valence-electron chi connectivity index (χ0n) is 13.3. The molecule has 0 amide bonds. The molecule has 0 unspecified atom stereocenters. The van der Waals surface area contributed by atoms with Gasteiger partial charge < -0.3 is 0 Å². The van der Waals surface area contributed by atoms with Crippen LogP contribution in [-0.2, 0) is 17.8 Å². The maximum absolute atomic E-state index is 14.8. The predicted molar refractivity (Wildman–Crippen MR) is 81.7 cm³/mol. The van der Waals surface area contributed by atoms with E-state index < -0.39 is 51.9 Å². The van der Waals surface area contributed by atoms with E-state index >= 15 is 0 Å². The van der Waals surface area contributed by atoms with Crippen molar-refractivity contribution in [2.45, 2.75) is 17.8 Å². The van der Waals surface area contributed by atoms with Crippen LogP contribution < -0.4 is 0 Å². The van der Waals surface area contributed by atoms with E-state index in [1.165, 1.54) is 0 Å². The van der Waals surface area contributed by atoms with Crippen molar-refractivity contribution in [2.75, 3.05) is 0 Å². The number of alkyl halides is 6. The second-order valence-electron chi connectivity index (χ2n) is 5.95. The van der Waals surface area contributed by atoms with E-state index in [0.717, 1.165) is 54.6 Å². The summed E-state index contributed by atoms with van der Waals surface area (Å²) in [5.74, 6) is -11.8. The molecule has 1 aliphatic heterocycles. The largest absolute Gasteiger partial charge is 0.331 e. The quantitative estimate of drug-likeness (QED) is 0.534. The fourth-order valence-electron chi connectivity index (χ4n) is 2.75. The summed E-state index contributed by atoms with van der Waals surface area (Å²) >= 11 is 0. The number of hydrogen-bond acceptors (Lipinski definition) is 3. The molecule has 0 spiro atoms. The number of pyridine rings is 3. The number of fused-ring (bicyclic) bond motifs is 6. The topological polar surface area (TPSA) is 38.7 Å². The summed E-state index contributed by atoms with van der Waals surface area (Å²) in [5.41, 5.74) is -6.14. The van der Waals surface area contributed by atoms with Crippen molar-refractivity contribution < 1.29 is 26.3 Å². The van der Waals surface area contributed by atoms with E-state index in [0.29, 0.717) is 0 Å². The summed E-state index contributed by atoms with van der Waals surface area (Å²) in [6, 6.07) is 7.99. The Labute approximate surface area is 148 Å². The van der Waals surface area contributed by atoms with Crippen molar-refractivity contribution in [1.82, 2.24) is 15.0 Å². The van der Waals surface area contributed by atoms with Gasteiger partial charge in [0, 0.05) is 0 Å². The Morgan fingerprint density at radius 1 is 0.407 bits per heavy atom. The first kappa shape index (κ1) is 17.4. The lowest BCUT2D eigenvalue weighted by atomic mass is 10.0. The minimum atomic E-state index is -3.95. The van der Waals surface area contributed by atoms with E-state index in [-0.39, 0.29) is 0 Å². The van der Waals surface area contributed by atoms with Crippen molar-refractivity contribution in [2.24, 2.45) is 0 Å². The highest BCUT2D eigenvalue weighted by Crippen LogP contribution is 2.41. The number of halogens is 6. The van der Waals surface area contributed by atoms with E-state index in [9.17, 15) is 26.3 Å². The third kappa shape index (κ3) is 2.56. The Kier molecular flexibility index (Phi) is 3.56. The summed E-state index contributed by atoms with van der Waals surface area (Å²) in [7, 11) is 0. The molecule has 0 N–H and O–H groups in total. The standard InChI is InChI=1S/C18H9F6N3/c19-16(20)10-4-1-5-11(25-10)17(21,22)13-7-3-9-15(27-13)18(23,24)14-8-2-6-12(16)26-14/h1-9H. The van der Waals surface area contributed by atoms with Gasteiger partial charge in [-0.2, -0.15) is 26.3 Å². The van der Waals surface area contributed by atoms with Crippen molar-refractivity contribution in [1.29, 1.82) is 0 Å². The molecule has 6 bridgehead atoms. The van der Waals surface area contributed by atoms with Crippen LogP contribution in [0, 0.1) is 0 Å². The first-order valence-corrected chi connectivity index (χ1v) is 7.71. The molecule has 27 heavy (non-hydrogen) atoms. The monoisotopic (exact) mass is 381 g/mol. The van der Waals surface area contributed by atoms with Crippen LogP contribution in [0.25, 0.3) is 0 Å². The lowest BCUT2D eigenvalue weighted by Gasteiger charge is -2.23. The molecule has 4 heterocycles. The van der Waals surface area contributed by atoms with Gasteiger partial charge in [0.2, 0.25) is 0 Å². The zero-order chi connectivity index (χ0) is 19.4. The smallest absolute Gasteiger partial charge is 0.244 e. The van der Waals surface area contributed by atoms with Gasteiger partial charge in [0.1, 0.15) is 34.2 Å². The van der Waals surface area contributed by atoms with Crippen molar-refractivity contribution >= 4 is 0 Å². The molecule has 0 aliphatic carbocycles. The molecule has 3 aromatic rings. The van der Waals surface area contributed by atoms with Crippen molar-refractivity contribution in [3.63, 3.8) is 0 Å². The highest BCUT2D eigenvalue weighted by atomic mass is 19.3. The predicted octanol–water partition coefficient (Wildman–Crippen LogP) is 4.61. The highest BCUT2D eigenvalue weighted by Gasteiger charge is 2.46. The molecule has 0 saturated carbocycles. The normalized spacial score (nSPS) is 18.9. The fourth-order valence-corrected chi connectivity index (χ4v) is 2.75. The summed E-state index contributed by atoms with van der Waals surface area (Å²) < 4.78 is 88.6. The average Bonchev–Trinajstić information content (AvgIpc) is 2.67.